The summed E-state index contributed by atoms with van der Waals surface area (Å²) in [5.74, 6) is 1.60. The predicted molar refractivity (Wildman–Crippen MR) is 41.3 cm³/mol. The molecule has 1 heterocycles. The highest BCUT2D eigenvalue weighted by molar-refractivity contribution is 4.97. The summed E-state index contributed by atoms with van der Waals surface area (Å²) in [7, 11) is 0. The van der Waals surface area contributed by atoms with Crippen LogP contribution in [-0.4, -0.2) is 37.5 Å². The van der Waals surface area contributed by atoms with Crippen LogP contribution in [0.3, 0.4) is 0 Å². The first kappa shape index (κ1) is 7.53. The Balaban J connectivity index is 1.73. The Morgan fingerprint density at radius 1 is 1.45 bits per heavy atom. The molecule has 3 heteroatoms. The van der Waals surface area contributed by atoms with Gasteiger partial charge in [0.05, 0.1) is 19.3 Å². The third-order valence-electron chi connectivity index (χ3n) is 2.83. The van der Waals surface area contributed by atoms with E-state index in [-0.39, 0.29) is 6.61 Å². The molecule has 0 radical (unpaired) electrons. The van der Waals surface area contributed by atoms with Crippen molar-refractivity contribution in [2.45, 2.75) is 12.5 Å². The van der Waals surface area contributed by atoms with Gasteiger partial charge in [-0.3, -0.25) is 0 Å². The predicted octanol–water partition coefficient (Wildman–Crippen LogP) is -0.397. The Bertz CT molecular complexity index is 140. The van der Waals surface area contributed by atoms with Gasteiger partial charge in [-0.05, 0) is 18.9 Å². The molecule has 2 N–H and O–H groups in total. The van der Waals surface area contributed by atoms with E-state index >= 15 is 0 Å². The molecule has 3 nitrogen and oxygen atoms in total. The summed E-state index contributed by atoms with van der Waals surface area (Å²) >= 11 is 0. The van der Waals surface area contributed by atoms with Crippen LogP contribution in [0, 0.1) is 11.8 Å². The van der Waals surface area contributed by atoms with Crippen LogP contribution in [0.5, 0.6) is 0 Å². The zero-order chi connectivity index (χ0) is 7.68. The lowest BCUT2D eigenvalue weighted by atomic mass is 9.73. The monoisotopic (exact) mass is 157 g/mol. The molecule has 0 aromatic rings. The van der Waals surface area contributed by atoms with Gasteiger partial charge in [0.2, 0.25) is 0 Å². The summed E-state index contributed by atoms with van der Waals surface area (Å²) in [6.45, 7) is 2.94. The highest BCUT2D eigenvalue weighted by Gasteiger charge is 2.44. The fourth-order valence-electron chi connectivity index (χ4n) is 2.12. The van der Waals surface area contributed by atoms with Crippen molar-refractivity contribution in [2.75, 3.05) is 26.3 Å². The number of nitrogens with one attached hydrogen (secondary N) is 1. The molecular weight excluding hydrogens is 142 g/mol. The van der Waals surface area contributed by atoms with Gasteiger partial charge in [0, 0.05) is 12.5 Å². The van der Waals surface area contributed by atoms with E-state index in [9.17, 15) is 0 Å². The van der Waals surface area contributed by atoms with Crippen LogP contribution in [0.15, 0.2) is 0 Å². The van der Waals surface area contributed by atoms with Crippen molar-refractivity contribution < 1.29 is 9.84 Å². The molecule has 1 saturated heterocycles. The number of ether oxygens (including phenoxy) is 1. The minimum Gasteiger partial charge on any atom is -0.394 e. The Morgan fingerprint density at radius 3 is 3.09 bits per heavy atom. The molecule has 0 aromatic heterocycles. The summed E-state index contributed by atoms with van der Waals surface area (Å²) < 4.78 is 5.45. The van der Waals surface area contributed by atoms with E-state index in [0.29, 0.717) is 12.7 Å². The smallest absolute Gasteiger partial charge is 0.0701 e. The van der Waals surface area contributed by atoms with Crippen molar-refractivity contribution in [3.8, 4) is 0 Å². The maximum Gasteiger partial charge on any atom is 0.0701 e. The second kappa shape index (κ2) is 3.09. The lowest BCUT2D eigenvalue weighted by Crippen LogP contribution is -2.42. The number of hydrogen-bond acceptors (Lipinski definition) is 3. The SMILES string of the molecule is OCCOC1CC2CNCC21. The Labute approximate surface area is 66.7 Å². The fourth-order valence-corrected chi connectivity index (χ4v) is 2.12. The molecule has 0 aromatic carbocycles. The molecule has 3 atom stereocenters. The second-order valence-electron chi connectivity index (χ2n) is 3.45. The van der Waals surface area contributed by atoms with E-state index in [2.05, 4.69) is 5.32 Å². The number of aliphatic hydroxyl groups excluding tert-OH is 1. The highest BCUT2D eigenvalue weighted by Crippen LogP contribution is 2.39. The number of aliphatic hydroxyl groups is 1. The van der Waals surface area contributed by atoms with Gasteiger partial charge < -0.3 is 15.2 Å². The summed E-state index contributed by atoms with van der Waals surface area (Å²) in [5.41, 5.74) is 0. The van der Waals surface area contributed by atoms with Gasteiger partial charge in [-0.15, -0.1) is 0 Å². The Morgan fingerprint density at radius 2 is 2.36 bits per heavy atom. The van der Waals surface area contributed by atoms with Gasteiger partial charge in [-0.25, -0.2) is 0 Å². The average molecular weight is 157 g/mol. The van der Waals surface area contributed by atoms with Crippen molar-refractivity contribution >= 4 is 0 Å². The first-order valence-corrected chi connectivity index (χ1v) is 4.35. The van der Waals surface area contributed by atoms with Crippen LogP contribution in [-0.2, 0) is 4.74 Å². The number of rotatable bonds is 3. The lowest BCUT2D eigenvalue weighted by Gasteiger charge is -2.39. The first-order chi connectivity index (χ1) is 5.42. The van der Waals surface area contributed by atoms with E-state index in [0.717, 1.165) is 18.4 Å². The molecule has 1 aliphatic heterocycles. The number of fused-ring (bicyclic) bond motifs is 1. The van der Waals surface area contributed by atoms with Gasteiger partial charge in [0.15, 0.2) is 0 Å². The van der Waals surface area contributed by atoms with Crippen LogP contribution in [0.25, 0.3) is 0 Å². The minimum absolute atomic E-state index is 0.154. The molecule has 2 rings (SSSR count). The van der Waals surface area contributed by atoms with Gasteiger partial charge in [0.25, 0.3) is 0 Å². The van der Waals surface area contributed by atoms with Crippen LogP contribution in [0.4, 0.5) is 0 Å². The molecular formula is C8H15NO2. The van der Waals surface area contributed by atoms with E-state index in [4.69, 9.17) is 9.84 Å². The molecule has 3 unspecified atom stereocenters. The van der Waals surface area contributed by atoms with Crippen molar-refractivity contribution in [1.29, 1.82) is 0 Å². The van der Waals surface area contributed by atoms with Gasteiger partial charge in [-0.1, -0.05) is 0 Å². The lowest BCUT2D eigenvalue weighted by molar-refractivity contribution is -0.0747. The highest BCUT2D eigenvalue weighted by atomic mass is 16.5. The zero-order valence-corrected chi connectivity index (χ0v) is 6.62. The van der Waals surface area contributed by atoms with Crippen molar-refractivity contribution in [2.24, 2.45) is 11.8 Å². The largest absolute Gasteiger partial charge is 0.394 e. The molecule has 1 aliphatic carbocycles. The van der Waals surface area contributed by atoms with Crippen LogP contribution in [0.1, 0.15) is 6.42 Å². The summed E-state index contributed by atoms with van der Waals surface area (Å²) in [6.07, 6.45) is 1.62. The Kier molecular flexibility index (Phi) is 2.11. The van der Waals surface area contributed by atoms with Crippen LogP contribution in [0.2, 0.25) is 0 Å². The van der Waals surface area contributed by atoms with Crippen LogP contribution < -0.4 is 5.32 Å². The molecule has 0 spiro atoms. The topological polar surface area (TPSA) is 41.5 Å². The molecule has 2 aliphatic rings. The molecule has 0 bridgehead atoms. The second-order valence-corrected chi connectivity index (χ2v) is 3.45. The molecule has 11 heavy (non-hydrogen) atoms. The van der Waals surface area contributed by atoms with Crippen LogP contribution >= 0.6 is 0 Å². The van der Waals surface area contributed by atoms with Crippen molar-refractivity contribution in [3.63, 3.8) is 0 Å². The average Bonchev–Trinajstić information content (AvgIpc) is 2.33. The molecule has 0 amide bonds. The minimum atomic E-state index is 0.154. The maximum atomic E-state index is 8.53. The summed E-state index contributed by atoms with van der Waals surface area (Å²) in [4.78, 5) is 0. The summed E-state index contributed by atoms with van der Waals surface area (Å²) in [6, 6.07) is 0. The van der Waals surface area contributed by atoms with Gasteiger partial charge in [0.1, 0.15) is 0 Å². The van der Waals surface area contributed by atoms with E-state index in [1.165, 1.54) is 13.0 Å². The maximum absolute atomic E-state index is 8.53. The third-order valence-corrected chi connectivity index (χ3v) is 2.83. The van der Waals surface area contributed by atoms with Gasteiger partial charge in [-0.2, -0.15) is 0 Å². The third kappa shape index (κ3) is 1.28. The molecule has 64 valence electrons. The normalized spacial score (nSPS) is 41.7. The number of hydrogen-bond donors (Lipinski definition) is 2. The fraction of sp³-hybridized carbons (Fsp3) is 1.00. The molecule has 2 fully saturated rings. The van der Waals surface area contributed by atoms with E-state index in [1.54, 1.807) is 0 Å². The Hall–Kier alpha value is -0.120. The first-order valence-electron chi connectivity index (χ1n) is 4.35. The van der Waals surface area contributed by atoms with E-state index in [1.807, 2.05) is 0 Å². The molecule has 1 saturated carbocycles. The van der Waals surface area contributed by atoms with E-state index < -0.39 is 0 Å². The van der Waals surface area contributed by atoms with Crippen molar-refractivity contribution in [1.82, 2.24) is 5.32 Å². The van der Waals surface area contributed by atoms with Crippen molar-refractivity contribution in [3.05, 3.63) is 0 Å². The zero-order valence-electron chi connectivity index (χ0n) is 6.62. The standard InChI is InChI=1S/C8H15NO2/c10-1-2-11-8-3-6-4-9-5-7(6)8/h6-10H,1-5H2. The van der Waals surface area contributed by atoms with Gasteiger partial charge >= 0.3 is 0 Å². The quantitative estimate of drug-likeness (QED) is 0.586. The summed E-state index contributed by atoms with van der Waals surface area (Å²) in [5, 5.41) is 11.9.